The van der Waals surface area contributed by atoms with Crippen molar-refractivity contribution in [2.75, 3.05) is 0 Å². The zero-order chi connectivity index (χ0) is 13.7. The Morgan fingerprint density at radius 2 is 2.05 bits per heavy atom. The molecule has 0 amide bonds. The molecule has 5 heteroatoms. The average Bonchev–Trinajstić information content (AvgIpc) is 3.19. The fourth-order valence-electron chi connectivity index (χ4n) is 2.52. The summed E-state index contributed by atoms with van der Waals surface area (Å²) in [4.78, 5) is 8.56. The summed E-state index contributed by atoms with van der Waals surface area (Å²) in [5, 5.41) is 9.58. The summed E-state index contributed by atoms with van der Waals surface area (Å²) in [5.41, 5.74) is 2.30. The number of hydrogen-bond acceptors (Lipinski definition) is 3. The van der Waals surface area contributed by atoms with Gasteiger partial charge in [0.1, 0.15) is 17.4 Å². The smallest absolute Gasteiger partial charge is 0.143 e. The molecule has 2 heterocycles. The Morgan fingerprint density at radius 3 is 2.80 bits per heavy atom. The highest BCUT2D eigenvalue weighted by atomic mass is 19.1. The second-order valence-electron chi connectivity index (χ2n) is 5.10. The Bertz CT molecular complexity index is 808. The molecule has 0 bridgehead atoms. The minimum atomic E-state index is -0.264. The molecule has 2 aromatic heterocycles. The van der Waals surface area contributed by atoms with E-state index in [1.165, 1.54) is 18.3 Å². The van der Waals surface area contributed by atoms with Crippen molar-refractivity contribution < 1.29 is 9.50 Å². The lowest BCUT2D eigenvalue weighted by molar-refractivity contribution is 0.473. The van der Waals surface area contributed by atoms with E-state index in [9.17, 15) is 9.50 Å². The fourth-order valence-corrected chi connectivity index (χ4v) is 2.52. The summed E-state index contributed by atoms with van der Waals surface area (Å²) >= 11 is 0. The molecule has 4 rings (SSSR count). The Kier molecular flexibility index (Phi) is 2.30. The molecule has 4 nitrogen and oxygen atoms in total. The van der Waals surface area contributed by atoms with Crippen LogP contribution in [0.3, 0.4) is 0 Å². The number of fused-ring (bicyclic) bond motifs is 1. The van der Waals surface area contributed by atoms with Gasteiger partial charge in [0.15, 0.2) is 0 Å². The predicted molar refractivity (Wildman–Crippen MR) is 72.9 cm³/mol. The van der Waals surface area contributed by atoms with Gasteiger partial charge >= 0.3 is 0 Å². The van der Waals surface area contributed by atoms with Crippen molar-refractivity contribution >= 4 is 11.0 Å². The van der Waals surface area contributed by atoms with Crippen LogP contribution in [-0.4, -0.2) is 19.6 Å². The van der Waals surface area contributed by atoms with Crippen LogP contribution in [0.2, 0.25) is 0 Å². The molecule has 1 fully saturated rings. The summed E-state index contributed by atoms with van der Waals surface area (Å²) in [6.07, 6.45) is 5.19. The number of rotatable bonds is 2. The minimum Gasteiger partial charge on any atom is -0.506 e. The molecule has 3 aromatic rings. The number of nitrogens with zero attached hydrogens (tertiary/aromatic N) is 3. The van der Waals surface area contributed by atoms with Crippen LogP contribution < -0.4 is 0 Å². The molecule has 1 saturated carbocycles. The number of benzene rings is 1. The average molecular weight is 269 g/mol. The maximum Gasteiger partial charge on any atom is 0.143 e. The highest BCUT2D eigenvalue weighted by molar-refractivity contribution is 5.81. The molecule has 0 aliphatic heterocycles. The lowest BCUT2D eigenvalue weighted by atomic mass is 10.2. The molecule has 0 atom stereocenters. The van der Waals surface area contributed by atoms with Gasteiger partial charge in [-0.2, -0.15) is 0 Å². The zero-order valence-electron chi connectivity index (χ0n) is 10.6. The lowest BCUT2D eigenvalue weighted by Crippen LogP contribution is -1.97. The first-order valence-electron chi connectivity index (χ1n) is 6.54. The number of halogens is 1. The summed E-state index contributed by atoms with van der Waals surface area (Å²) in [6, 6.07) is 6.60. The molecule has 20 heavy (non-hydrogen) atoms. The van der Waals surface area contributed by atoms with Crippen molar-refractivity contribution in [2.24, 2.45) is 0 Å². The van der Waals surface area contributed by atoms with Crippen LogP contribution in [0.1, 0.15) is 18.9 Å². The second-order valence-corrected chi connectivity index (χ2v) is 5.10. The maximum atomic E-state index is 13.5. The van der Waals surface area contributed by atoms with Crippen molar-refractivity contribution in [3.63, 3.8) is 0 Å². The standard InChI is InChI=1S/C15H12FN3O/c16-10-1-4-13-14(6-10)19(11-2-3-11)15(18-13)9-5-12(20)8-17-7-9/h1,4-8,11,20H,2-3H2. The quantitative estimate of drug-likeness (QED) is 0.776. The van der Waals surface area contributed by atoms with Crippen LogP contribution in [0.4, 0.5) is 4.39 Å². The molecule has 1 aromatic carbocycles. The Hall–Kier alpha value is -2.43. The van der Waals surface area contributed by atoms with E-state index < -0.39 is 0 Å². The van der Waals surface area contributed by atoms with Gasteiger partial charge in [-0.05, 0) is 37.1 Å². The molecule has 0 unspecified atom stereocenters. The lowest BCUT2D eigenvalue weighted by Gasteiger charge is -2.07. The Labute approximate surface area is 114 Å². The van der Waals surface area contributed by atoms with Gasteiger partial charge in [0, 0.05) is 17.8 Å². The molecule has 0 saturated heterocycles. The Balaban J connectivity index is 2.01. The van der Waals surface area contributed by atoms with Crippen LogP contribution >= 0.6 is 0 Å². The van der Waals surface area contributed by atoms with Gasteiger partial charge in [0.25, 0.3) is 0 Å². The van der Waals surface area contributed by atoms with Crippen LogP contribution in [0, 0.1) is 5.82 Å². The Morgan fingerprint density at radius 1 is 1.20 bits per heavy atom. The summed E-state index contributed by atoms with van der Waals surface area (Å²) in [6.45, 7) is 0. The minimum absolute atomic E-state index is 0.100. The van der Waals surface area contributed by atoms with E-state index in [0.29, 0.717) is 6.04 Å². The summed E-state index contributed by atoms with van der Waals surface area (Å²) in [5.74, 6) is 0.569. The SMILES string of the molecule is Oc1cncc(-c2nc3ccc(F)cc3n2C2CC2)c1. The van der Waals surface area contributed by atoms with E-state index in [-0.39, 0.29) is 11.6 Å². The monoisotopic (exact) mass is 269 g/mol. The molecule has 0 spiro atoms. The number of aromatic hydroxyl groups is 1. The molecular formula is C15H12FN3O. The predicted octanol–water partition coefficient (Wildman–Crippen LogP) is 3.28. The van der Waals surface area contributed by atoms with Crippen molar-refractivity contribution in [1.29, 1.82) is 0 Å². The third-order valence-electron chi connectivity index (χ3n) is 3.55. The summed E-state index contributed by atoms with van der Waals surface area (Å²) in [7, 11) is 0. The second kappa shape index (κ2) is 4.03. The number of imidazole rings is 1. The first-order valence-corrected chi connectivity index (χ1v) is 6.54. The van der Waals surface area contributed by atoms with E-state index in [2.05, 4.69) is 14.5 Å². The zero-order valence-corrected chi connectivity index (χ0v) is 10.6. The third-order valence-corrected chi connectivity index (χ3v) is 3.55. The molecule has 1 aliphatic rings. The van der Waals surface area contributed by atoms with Gasteiger partial charge in [-0.15, -0.1) is 0 Å². The van der Waals surface area contributed by atoms with E-state index in [0.717, 1.165) is 35.3 Å². The van der Waals surface area contributed by atoms with Crippen molar-refractivity contribution in [3.05, 3.63) is 42.5 Å². The summed E-state index contributed by atoms with van der Waals surface area (Å²) < 4.78 is 15.5. The first-order chi connectivity index (χ1) is 9.72. The molecule has 100 valence electrons. The number of aromatic nitrogens is 3. The van der Waals surface area contributed by atoms with E-state index >= 15 is 0 Å². The van der Waals surface area contributed by atoms with Crippen molar-refractivity contribution in [3.8, 4) is 17.1 Å². The van der Waals surface area contributed by atoms with Crippen LogP contribution in [0.25, 0.3) is 22.4 Å². The van der Waals surface area contributed by atoms with Crippen LogP contribution in [0.5, 0.6) is 5.75 Å². The van der Waals surface area contributed by atoms with E-state index in [1.54, 1.807) is 18.3 Å². The van der Waals surface area contributed by atoms with Gasteiger partial charge < -0.3 is 9.67 Å². The topological polar surface area (TPSA) is 50.9 Å². The van der Waals surface area contributed by atoms with Gasteiger partial charge in [0.05, 0.1) is 17.2 Å². The normalized spacial score (nSPS) is 14.8. The maximum absolute atomic E-state index is 13.5. The van der Waals surface area contributed by atoms with Crippen LogP contribution in [0.15, 0.2) is 36.7 Å². The largest absolute Gasteiger partial charge is 0.506 e. The van der Waals surface area contributed by atoms with Gasteiger partial charge in [-0.1, -0.05) is 0 Å². The van der Waals surface area contributed by atoms with Crippen molar-refractivity contribution in [2.45, 2.75) is 18.9 Å². The van der Waals surface area contributed by atoms with E-state index in [1.807, 2.05) is 0 Å². The highest BCUT2D eigenvalue weighted by Crippen LogP contribution is 2.41. The number of pyridine rings is 1. The highest BCUT2D eigenvalue weighted by Gasteiger charge is 2.29. The molecule has 0 radical (unpaired) electrons. The van der Waals surface area contributed by atoms with Gasteiger partial charge in [0.2, 0.25) is 0 Å². The molecule has 1 aliphatic carbocycles. The number of hydrogen-bond donors (Lipinski definition) is 1. The van der Waals surface area contributed by atoms with Crippen molar-refractivity contribution in [1.82, 2.24) is 14.5 Å². The molecular weight excluding hydrogens is 257 g/mol. The third kappa shape index (κ3) is 1.74. The van der Waals surface area contributed by atoms with Crippen LogP contribution in [-0.2, 0) is 0 Å². The first kappa shape index (κ1) is 11.4. The molecule has 1 N–H and O–H groups in total. The fraction of sp³-hybridized carbons (Fsp3) is 0.200. The van der Waals surface area contributed by atoms with Gasteiger partial charge in [-0.3, -0.25) is 4.98 Å². The van der Waals surface area contributed by atoms with Gasteiger partial charge in [-0.25, -0.2) is 9.37 Å². The van der Waals surface area contributed by atoms with E-state index in [4.69, 9.17) is 0 Å².